The summed E-state index contributed by atoms with van der Waals surface area (Å²) in [5, 5.41) is 0. The van der Waals surface area contributed by atoms with Crippen molar-refractivity contribution in [2.24, 2.45) is 35.5 Å². The number of carbonyl (C=O) groups is 2. The highest BCUT2D eigenvalue weighted by molar-refractivity contribution is 9.10. The van der Waals surface area contributed by atoms with Crippen LogP contribution in [0.15, 0.2) is 40.9 Å². The SMILES string of the molecule is O=C1[C@@H]2[C@H]3C=C[C@@H]([C@@H]4C[C@H]34)[C@H]2C(=O)N1Cc1ccc(Br)cc1. The van der Waals surface area contributed by atoms with E-state index in [1.54, 1.807) is 0 Å². The van der Waals surface area contributed by atoms with Crippen LogP contribution in [0.5, 0.6) is 0 Å². The average molecular weight is 358 g/mol. The fourth-order valence-electron chi connectivity index (χ4n) is 4.95. The summed E-state index contributed by atoms with van der Waals surface area (Å²) in [7, 11) is 0. The van der Waals surface area contributed by atoms with Gasteiger partial charge in [0.1, 0.15) is 0 Å². The van der Waals surface area contributed by atoms with Crippen molar-refractivity contribution in [3.8, 4) is 0 Å². The van der Waals surface area contributed by atoms with E-state index in [4.69, 9.17) is 0 Å². The highest BCUT2D eigenvalue weighted by atomic mass is 79.9. The zero-order valence-corrected chi connectivity index (χ0v) is 13.6. The van der Waals surface area contributed by atoms with Gasteiger partial charge in [0.15, 0.2) is 0 Å². The Balaban J connectivity index is 1.46. The van der Waals surface area contributed by atoms with Crippen molar-refractivity contribution in [2.75, 3.05) is 0 Å². The van der Waals surface area contributed by atoms with E-state index in [0.29, 0.717) is 30.2 Å². The lowest BCUT2D eigenvalue weighted by molar-refractivity contribution is -0.140. The van der Waals surface area contributed by atoms with Gasteiger partial charge in [-0.3, -0.25) is 14.5 Å². The molecule has 4 heteroatoms. The Bertz CT molecular complexity index is 674. The summed E-state index contributed by atoms with van der Waals surface area (Å²) in [5.74, 6) is 1.91. The normalized spacial score (nSPS) is 40.9. The second-order valence-corrected chi connectivity index (χ2v) is 7.96. The van der Waals surface area contributed by atoms with Crippen LogP contribution in [-0.4, -0.2) is 16.7 Å². The van der Waals surface area contributed by atoms with E-state index in [2.05, 4.69) is 28.1 Å². The van der Waals surface area contributed by atoms with Crippen LogP contribution in [-0.2, 0) is 16.1 Å². The molecule has 6 rings (SSSR count). The molecule has 3 fully saturated rings. The van der Waals surface area contributed by atoms with Crippen molar-refractivity contribution in [2.45, 2.75) is 13.0 Å². The van der Waals surface area contributed by atoms with Crippen LogP contribution in [0, 0.1) is 35.5 Å². The van der Waals surface area contributed by atoms with Gasteiger partial charge in [-0.1, -0.05) is 40.2 Å². The summed E-state index contributed by atoms with van der Waals surface area (Å²) in [4.78, 5) is 27.2. The van der Waals surface area contributed by atoms with Gasteiger partial charge < -0.3 is 0 Å². The highest BCUT2D eigenvalue weighted by Crippen LogP contribution is 2.65. The van der Waals surface area contributed by atoms with Crippen molar-refractivity contribution < 1.29 is 9.59 Å². The minimum Gasteiger partial charge on any atom is -0.278 e. The first kappa shape index (κ1) is 13.1. The summed E-state index contributed by atoms with van der Waals surface area (Å²) in [6.07, 6.45) is 5.64. The van der Waals surface area contributed by atoms with Crippen LogP contribution >= 0.6 is 15.9 Å². The molecule has 0 unspecified atom stereocenters. The van der Waals surface area contributed by atoms with Gasteiger partial charge in [0.25, 0.3) is 0 Å². The van der Waals surface area contributed by atoms with Gasteiger partial charge in [-0.15, -0.1) is 0 Å². The maximum Gasteiger partial charge on any atom is 0.234 e. The average Bonchev–Trinajstić information content (AvgIpc) is 3.30. The number of amides is 2. The lowest BCUT2D eigenvalue weighted by Gasteiger charge is -2.37. The van der Waals surface area contributed by atoms with Gasteiger partial charge in [-0.2, -0.15) is 0 Å². The largest absolute Gasteiger partial charge is 0.278 e. The Hall–Kier alpha value is -1.42. The third-order valence-electron chi connectivity index (χ3n) is 6.01. The van der Waals surface area contributed by atoms with Gasteiger partial charge in [0, 0.05) is 4.47 Å². The van der Waals surface area contributed by atoms with E-state index in [1.807, 2.05) is 24.3 Å². The van der Waals surface area contributed by atoms with E-state index < -0.39 is 0 Å². The number of likely N-dealkylation sites (tertiary alicyclic amines) is 1. The van der Waals surface area contributed by atoms with Crippen LogP contribution in [0.4, 0.5) is 0 Å². The molecule has 2 saturated carbocycles. The first-order chi connectivity index (χ1) is 10.6. The van der Waals surface area contributed by atoms with E-state index in [-0.39, 0.29) is 23.7 Å². The maximum atomic E-state index is 12.8. The van der Waals surface area contributed by atoms with Gasteiger partial charge in [0.05, 0.1) is 18.4 Å². The van der Waals surface area contributed by atoms with Crippen LogP contribution in [0.25, 0.3) is 0 Å². The Morgan fingerprint density at radius 3 is 2.05 bits per heavy atom. The van der Waals surface area contributed by atoms with Crippen molar-refractivity contribution in [3.05, 3.63) is 46.5 Å². The topological polar surface area (TPSA) is 37.4 Å². The van der Waals surface area contributed by atoms with E-state index in [1.165, 1.54) is 11.3 Å². The number of rotatable bonds is 2. The number of carbonyl (C=O) groups excluding carboxylic acids is 2. The molecule has 2 amide bonds. The molecule has 0 N–H and O–H groups in total. The maximum absolute atomic E-state index is 12.8. The molecule has 22 heavy (non-hydrogen) atoms. The highest BCUT2D eigenvalue weighted by Gasteiger charge is 2.66. The van der Waals surface area contributed by atoms with Crippen LogP contribution < -0.4 is 0 Å². The van der Waals surface area contributed by atoms with Crippen molar-refractivity contribution in [1.82, 2.24) is 4.90 Å². The van der Waals surface area contributed by atoms with Gasteiger partial charge in [-0.25, -0.2) is 0 Å². The standard InChI is InChI=1S/C18H16BrNO2/c19-10-3-1-9(2-4-10)8-20-17(21)15-11-5-6-12(14-7-13(11)14)16(15)18(20)22/h1-6,11-16H,7-8H2/t11-,12-,13-,14+,15+,16+/m0/s1. The molecule has 3 nitrogen and oxygen atoms in total. The third-order valence-corrected chi connectivity index (χ3v) is 6.54. The molecule has 112 valence electrons. The number of nitrogens with zero attached hydrogens (tertiary/aromatic N) is 1. The summed E-state index contributed by atoms with van der Waals surface area (Å²) in [5.41, 5.74) is 1.01. The lowest BCUT2D eigenvalue weighted by atomic mass is 9.63. The number of hydrogen-bond acceptors (Lipinski definition) is 2. The number of imide groups is 1. The number of halogens is 1. The Morgan fingerprint density at radius 2 is 1.50 bits per heavy atom. The summed E-state index contributed by atoms with van der Waals surface area (Å²) < 4.78 is 1.01. The number of benzene rings is 1. The van der Waals surface area contributed by atoms with E-state index in [0.717, 1.165) is 10.0 Å². The number of allylic oxidation sites excluding steroid dienone is 2. The molecule has 0 spiro atoms. The predicted molar refractivity (Wildman–Crippen MR) is 84.4 cm³/mol. The Morgan fingerprint density at radius 1 is 0.955 bits per heavy atom. The molecule has 1 aliphatic heterocycles. The second kappa shape index (κ2) is 4.31. The molecule has 6 atom stereocenters. The quantitative estimate of drug-likeness (QED) is 0.602. The molecule has 4 aliphatic carbocycles. The first-order valence-corrected chi connectivity index (χ1v) is 8.72. The minimum absolute atomic E-state index is 0.0580. The molecular formula is C18H16BrNO2. The number of hydrogen-bond donors (Lipinski definition) is 0. The minimum atomic E-state index is -0.0818. The molecule has 0 radical (unpaired) electrons. The fraction of sp³-hybridized carbons (Fsp3) is 0.444. The smallest absolute Gasteiger partial charge is 0.234 e. The van der Waals surface area contributed by atoms with Gasteiger partial charge in [0.2, 0.25) is 11.8 Å². The molecule has 1 saturated heterocycles. The molecule has 5 aliphatic rings. The van der Waals surface area contributed by atoms with Crippen molar-refractivity contribution in [1.29, 1.82) is 0 Å². The zero-order chi connectivity index (χ0) is 15.0. The zero-order valence-electron chi connectivity index (χ0n) is 12.0. The summed E-state index contributed by atoms with van der Waals surface area (Å²) in [6, 6.07) is 7.84. The van der Waals surface area contributed by atoms with E-state index in [9.17, 15) is 9.59 Å². The summed E-state index contributed by atoms with van der Waals surface area (Å²) >= 11 is 3.41. The Kier molecular flexibility index (Phi) is 2.56. The lowest BCUT2D eigenvalue weighted by Crippen LogP contribution is -2.40. The van der Waals surface area contributed by atoms with Crippen molar-refractivity contribution >= 4 is 27.7 Å². The van der Waals surface area contributed by atoms with Gasteiger partial charge >= 0.3 is 0 Å². The summed E-state index contributed by atoms with van der Waals surface area (Å²) in [6.45, 7) is 0.409. The molecule has 1 heterocycles. The molecule has 0 aromatic heterocycles. The Labute approximate surface area is 137 Å². The fourth-order valence-corrected chi connectivity index (χ4v) is 5.21. The molecule has 1 aromatic rings. The first-order valence-electron chi connectivity index (χ1n) is 7.93. The van der Waals surface area contributed by atoms with Crippen LogP contribution in [0.1, 0.15) is 12.0 Å². The molecule has 2 bridgehead atoms. The third kappa shape index (κ3) is 1.62. The van der Waals surface area contributed by atoms with Crippen molar-refractivity contribution in [3.63, 3.8) is 0 Å². The second-order valence-electron chi connectivity index (χ2n) is 7.04. The molecule has 1 aromatic carbocycles. The van der Waals surface area contributed by atoms with E-state index >= 15 is 0 Å². The predicted octanol–water partition coefficient (Wildman–Crippen LogP) is 3.00. The molecular weight excluding hydrogens is 342 g/mol. The van der Waals surface area contributed by atoms with Gasteiger partial charge in [-0.05, 0) is 47.8 Å². The van der Waals surface area contributed by atoms with Crippen LogP contribution in [0.2, 0.25) is 0 Å². The van der Waals surface area contributed by atoms with Crippen LogP contribution in [0.3, 0.4) is 0 Å². The monoisotopic (exact) mass is 357 g/mol.